The van der Waals surface area contributed by atoms with Gasteiger partial charge in [0.2, 0.25) is 0 Å². The molecule has 2 heteroatoms. The van der Waals surface area contributed by atoms with Crippen LogP contribution in [-0.4, -0.2) is 4.98 Å². The molecule has 0 fully saturated rings. The van der Waals surface area contributed by atoms with Gasteiger partial charge in [-0.15, -0.1) is 0 Å². The maximum atomic E-state index is 12.4. The fourth-order valence-corrected chi connectivity index (χ4v) is 2.25. The summed E-state index contributed by atoms with van der Waals surface area (Å²) < 4.78 is 0. The van der Waals surface area contributed by atoms with Gasteiger partial charge < -0.3 is 4.98 Å². The normalized spacial score (nSPS) is 12.0. The van der Waals surface area contributed by atoms with E-state index in [0.717, 1.165) is 28.6 Å². The van der Waals surface area contributed by atoms with Gasteiger partial charge in [0, 0.05) is 27.6 Å². The number of rotatable bonds is 1. The zero-order chi connectivity index (χ0) is 12.6. The summed E-state index contributed by atoms with van der Waals surface area (Å²) in [6, 6.07) is 7.72. The number of benzene rings is 1. The van der Waals surface area contributed by atoms with Crippen LogP contribution in [0.25, 0.3) is 10.9 Å². The van der Waals surface area contributed by atoms with Crippen molar-refractivity contribution < 1.29 is 0 Å². The number of pyridine rings is 1. The summed E-state index contributed by atoms with van der Waals surface area (Å²) in [7, 11) is 0. The third-order valence-corrected chi connectivity index (χ3v) is 3.11. The Morgan fingerprint density at radius 1 is 1.18 bits per heavy atom. The van der Waals surface area contributed by atoms with Gasteiger partial charge in [-0.05, 0) is 18.6 Å². The summed E-state index contributed by atoms with van der Waals surface area (Å²) in [5, 5.41) is 0.789. The number of hydrogen-bond acceptors (Lipinski definition) is 1. The lowest BCUT2D eigenvalue weighted by molar-refractivity contribution is 0.563. The maximum Gasteiger partial charge on any atom is 0.192 e. The summed E-state index contributed by atoms with van der Waals surface area (Å²) in [6.45, 7) is 8.43. The molecule has 0 unspecified atom stereocenters. The first kappa shape index (κ1) is 11.9. The predicted octanol–water partition coefficient (Wildman–Crippen LogP) is 3.39. The van der Waals surface area contributed by atoms with Crippen LogP contribution in [-0.2, 0) is 11.8 Å². The number of para-hydroxylation sites is 1. The van der Waals surface area contributed by atoms with Crippen molar-refractivity contribution in [3.63, 3.8) is 0 Å². The van der Waals surface area contributed by atoms with E-state index in [1.807, 2.05) is 31.2 Å². The van der Waals surface area contributed by atoms with Crippen LogP contribution >= 0.6 is 0 Å². The second-order valence-electron chi connectivity index (χ2n) is 5.46. The molecule has 1 N–H and O–H groups in total. The minimum absolute atomic E-state index is 0.0332. The van der Waals surface area contributed by atoms with E-state index in [9.17, 15) is 4.79 Å². The molecule has 0 saturated heterocycles. The Hall–Kier alpha value is -1.57. The fraction of sp³-hybridized carbons (Fsp3) is 0.400. The van der Waals surface area contributed by atoms with Gasteiger partial charge in [-0.2, -0.15) is 0 Å². The van der Waals surface area contributed by atoms with E-state index in [1.165, 1.54) is 0 Å². The van der Waals surface area contributed by atoms with Crippen molar-refractivity contribution in [2.45, 2.75) is 39.5 Å². The van der Waals surface area contributed by atoms with E-state index in [1.54, 1.807) is 0 Å². The molecule has 0 atom stereocenters. The Bertz CT molecular complexity index is 602. The van der Waals surface area contributed by atoms with E-state index in [2.05, 4.69) is 25.8 Å². The SMILES string of the molecule is CCc1c(C(C)(C)C)[nH]c2ccccc2c1=O. The highest BCUT2D eigenvalue weighted by Gasteiger charge is 2.21. The molecule has 0 bridgehead atoms. The van der Waals surface area contributed by atoms with Gasteiger partial charge in [0.1, 0.15) is 0 Å². The van der Waals surface area contributed by atoms with Crippen molar-refractivity contribution >= 4 is 10.9 Å². The number of aromatic nitrogens is 1. The van der Waals surface area contributed by atoms with Crippen molar-refractivity contribution in [3.8, 4) is 0 Å². The smallest absolute Gasteiger partial charge is 0.192 e. The molecule has 17 heavy (non-hydrogen) atoms. The third-order valence-electron chi connectivity index (χ3n) is 3.11. The summed E-state index contributed by atoms with van der Waals surface area (Å²) in [5.41, 5.74) is 3.04. The average molecular weight is 229 g/mol. The molecule has 1 aromatic heterocycles. The van der Waals surface area contributed by atoms with Crippen molar-refractivity contribution in [1.29, 1.82) is 0 Å². The van der Waals surface area contributed by atoms with Gasteiger partial charge in [0.05, 0.1) is 0 Å². The van der Waals surface area contributed by atoms with Crippen LogP contribution < -0.4 is 5.43 Å². The largest absolute Gasteiger partial charge is 0.358 e. The van der Waals surface area contributed by atoms with E-state index < -0.39 is 0 Å². The lowest BCUT2D eigenvalue weighted by Crippen LogP contribution is -2.23. The van der Waals surface area contributed by atoms with Crippen LogP contribution in [0.2, 0.25) is 0 Å². The minimum atomic E-state index is -0.0332. The number of aromatic amines is 1. The van der Waals surface area contributed by atoms with Crippen LogP contribution in [0, 0.1) is 0 Å². The van der Waals surface area contributed by atoms with Gasteiger partial charge in [0.25, 0.3) is 0 Å². The van der Waals surface area contributed by atoms with Crippen LogP contribution in [0.1, 0.15) is 39.0 Å². The summed E-state index contributed by atoms with van der Waals surface area (Å²) in [6.07, 6.45) is 0.771. The molecule has 2 aromatic rings. The Balaban J connectivity index is 2.90. The number of hydrogen-bond donors (Lipinski definition) is 1. The first-order valence-corrected chi connectivity index (χ1v) is 6.09. The quantitative estimate of drug-likeness (QED) is 0.798. The Kier molecular flexibility index (Phi) is 2.82. The molecule has 0 saturated carbocycles. The summed E-state index contributed by atoms with van der Waals surface area (Å²) >= 11 is 0. The van der Waals surface area contributed by atoms with Crippen LogP contribution in [0.15, 0.2) is 29.1 Å². The van der Waals surface area contributed by atoms with E-state index in [4.69, 9.17) is 0 Å². The van der Waals surface area contributed by atoms with Crippen LogP contribution in [0.3, 0.4) is 0 Å². The molecule has 0 spiro atoms. The lowest BCUT2D eigenvalue weighted by atomic mass is 9.86. The molecule has 2 nitrogen and oxygen atoms in total. The standard InChI is InChI=1S/C15H19NO/c1-5-10-13(17)11-8-6-7-9-12(11)16-14(10)15(2,3)4/h6-9H,5H2,1-4H3,(H,16,17). The molecule has 90 valence electrons. The zero-order valence-electron chi connectivity index (χ0n) is 10.9. The van der Waals surface area contributed by atoms with Crippen LogP contribution in [0.4, 0.5) is 0 Å². The molecular formula is C15H19NO. The topological polar surface area (TPSA) is 32.9 Å². The van der Waals surface area contributed by atoms with Crippen molar-refractivity contribution in [2.75, 3.05) is 0 Å². The van der Waals surface area contributed by atoms with Crippen molar-refractivity contribution in [1.82, 2.24) is 4.98 Å². The fourth-order valence-electron chi connectivity index (χ4n) is 2.25. The number of fused-ring (bicyclic) bond motifs is 1. The van der Waals surface area contributed by atoms with E-state index in [-0.39, 0.29) is 10.8 Å². The molecule has 0 aliphatic rings. The average Bonchev–Trinajstić information content (AvgIpc) is 2.28. The molecular weight excluding hydrogens is 210 g/mol. The molecule has 2 rings (SSSR count). The second-order valence-corrected chi connectivity index (χ2v) is 5.46. The summed E-state index contributed by atoms with van der Waals surface area (Å²) in [4.78, 5) is 15.8. The third kappa shape index (κ3) is 1.99. The highest BCUT2D eigenvalue weighted by atomic mass is 16.1. The molecule has 0 aliphatic carbocycles. The van der Waals surface area contributed by atoms with E-state index in [0.29, 0.717) is 0 Å². The molecule has 1 aromatic carbocycles. The predicted molar refractivity (Wildman–Crippen MR) is 72.6 cm³/mol. The zero-order valence-corrected chi connectivity index (χ0v) is 10.9. The van der Waals surface area contributed by atoms with Gasteiger partial charge in [-0.3, -0.25) is 4.79 Å². The highest BCUT2D eigenvalue weighted by molar-refractivity contribution is 5.79. The maximum absolute atomic E-state index is 12.4. The number of nitrogens with one attached hydrogen (secondary N) is 1. The van der Waals surface area contributed by atoms with Gasteiger partial charge in [-0.25, -0.2) is 0 Å². The molecule has 1 heterocycles. The van der Waals surface area contributed by atoms with Gasteiger partial charge in [0.15, 0.2) is 5.43 Å². The Labute approximate surface area is 102 Å². The van der Waals surface area contributed by atoms with Crippen molar-refractivity contribution in [3.05, 3.63) is 45.7 Å². The molecule has 0 radical (unpaired) electrons. The highest BCUT2D eigenvalue weighted by Crippen LogP contribution is 2.24. The van der Waals surface area contributed by atoms with Crippen LogP contribution in [0.5, 0.6) is 0 Å². The first-order chi connectivity index (χ1) is 7.95. The lowest BCUT2D eigenvalue weighted by Gasteiger charge is -2.22. The molecule has 0 amide bonds. The summed E-state index contributed by atoms with van der Waals surface area (Å²) in [5.74, 6) is 0. The molecule has 0 aliphatic heterocycles. The van der Waals surface area contributed by atoms with Gasteiger partial charge >= 0.3 is 0 Å². The monoisotopic (exact) mass is 229 g/mol. The first-order valence-electron chi connectivity index (χ1n) is 6.09. The Morgan fingerprint density at radius 2 is 1.82 bits per heavy atom. The van der Waals surface area contributed by atoms with Crippen molar-refractivity contribution in [2.24, 2.45) is 0 Å². The van der Waals surface area contributed by atoms with Gasteiger partial charge in [-0.1, -0.05) is 39.8 Å². The Morgan fingerprint density at radius 3 is 2.41 bits per heavy atom. The van der Waals surface area contributed by atoms with E-state index >= 15 is 0 Å². The number of H-pyrrole nitrogens is 1. The minimum Gasteiger partial charge on any atom is -0.358 e. The second kappa shape index (κ2) is 4.02.